The highest BCUT2D eigenvalue weighted by Crippen LogP contribution is 2.45. The molecular weight excluding hydrogens is 260 g/mol. The summed E-state index contributed by atoms with van der Waals surface area (Å²) in [6.07, 6.45) is 0. The third-order valence-corrected chi connectivity index (χ3v) is 3.93. The first kappa shape index (κ1) is 13.0. The van der Waals surface area contributed by atoms with Gasteiger partial charge in [-0.2, -0.15) is 0 Å². The molecule has 1 fully saturated rings. The van der Waals surface area contributed by atoms with Gasteiger partial charge in [-0.05, 0) is 18.7 Å². The SMILES string of the molecule is COC(=O)C1=C(C)N(NC(N)=O)C2(NCCO2)S1. The molecule has 0 aliphatic carbocycles. The zero-order chi connectivity index (χ0) is 13.3. The Morgan fingerprint density at radius 1 is 1.67 bits per heavy atom. The van der Waals surface area contributed by atoms with Gasteiger partial charge in [-0.1, -0.05) is 0 Å². The number of primary amides is 1. The number of hydrazine groups is 1. The minimum Gasteiger partial charge on any atom is -0.465 e. The molecule has 18 heavy (non-hydrogen) atoms. The lowest BCUT2D eigenvalue weighted by atomic mass is 10.4. The Balaban J connectivity index is 2.31. The molecule has 1 unspecified atom stereocenters. The van der Waals surface area contributed by atoms with Crippen LogP contribution in [0.25, 0.3) is 0 Å². The van der Waals surface area contributed by atoms with Crippen molar-refractivity contribution < 1.29 is 19.1 Å². The van der Waals surface area contributed by atoms with E-state index in [-0.39, 0.29) is 0 Å². The van der Waals surface area contributed by atoms with Crippen molar-refractivity contribution in [2.75, 3.05) is 20.3 Å². The molecule has 2 heterocycles. The normalized spacial score (nSPS) is 26.9. The molecule has 2 rings (SSSR count). The summed E-state index contributed by atoms with van der Waals surface area (Å²) in [5.74, 6) is -0.483. The maximum absolute atomic E-state index is 11.6. The topological polar surface area (TPSA) is 106 Å². The number of methoxy groups -OCH3 is 1. The molecule has 1 spiro atoms. The molecule has 8 nitrogen and oxygen atoms in total. The van der Waals surface area contributed by atoms with Crippen LogP contribution in [0.5, 0.6) is 0 Å². The first-order chi connectivity index (χ1) is 8.50. The van der Waals surface area contributed by atoms with Gasteiger partial charge in [0.05, 0.1) is 19.4 Å². The second-order valence-corrected chi connectivity index (χ2v) is 4.84. The zero-order valence-corrected chi connectivity index (χ0v) is 10.8. The Kier molecular flexibility index (Phi) is 3.37. The summed E-state index contributed by atoms with van der Waals surface area (Å²) in [6, 6.07) is -0.738. The summed E-state index contributed by atoms with van der Waals surface area (Å²) in [5.41, 5.74) is 8.06. The minimum absolute atomic E-state index is 0.362. The van der Waals surface area contributed by atoms with Gasteiger partial charge in [0.25, 0.3) is 5.18 Å². The van der Waals surface area contributed by atoms with Crippen molar-refractivity contribution in [3.8, 4) is 0 Å². The van der Waals surface area contributed by atoms with Crippen molar-refractivity contribution >= 4 is 23.8 Å². The van der Waals surface area contributed by atoms with E-state index in [0.717, 1.165) is 11.8 Å². The molecule has 1 saturated heterocycles. The fourth-order valence-electron chi connectivity index (χ4n) is 1.79. The fraction of sp³-hybridized carbons (Fsp3) is 0.556. The summed E-state index contributed by atoms with van der Waals surface area (Å²) in [5, 5.41) is 3.45. The number of carbonyl (C=O) groups excluding carboxylic acids is 2. The molecule has 0 bridgehead atoms. The number of hydrogen-bond acceptors (Lipinski definition) is 7. The number of urea groups is 1. The molecule has 2 aliphatic heterocycles. The predicted molar refractivity (Wildman–Crippen MR) is 63.6 cm³/mol. The third kappa shape index (κ3) is 2.00. The second-order valence-electron chi connectivity index (χ2n) is 3.68. The number of esters is 1. The van der Waals surface area contributed by atoms with Crippen LogP contribution in [0.1, 0.15) is 6.92 Å². The lowest BCUT2D eigenvalue weighted by Gasteiger charge is -2.34. The van der Waals surface area contributed by atoms with Gasteiger partial charge in [0.15, 0.2) is 0 Å². The molecule has 4 N–H and O–H groups in total. The fourth-order valence-corrected chi connectivity index (χ4v) is 3.06. The number of rotatable bonds is 2. The highest BCUT2D eigenvalue weighted by Gasteiger charge is 2.51. The maximum atomic E-state index is 11.6. The van der Waals surface area contributed by atoms with E-state index in [4.69, 9.17) is 10.5 Å². The smallest absolute Gasteiger partial charge is 0.346 e. The van der Waals surface area contributed by atoms with E-state index < -0.39 is 17.2 Å². The van der Waals surface area contributed by atoms with Crippen molar-refractivity contribution in [1.82, 2.24) is 15.8 Å². The largest absolute Gasteiger partial charge is 0.465 e. The Hall–Kier alpha value is -1.45. The van der Waals surface area contributed by atoms with E-state index in [1.54, 1.807) is 6.92 Å². The molecule has 0 saturated carbocycles. The number of nitrogens with two attached hydrogens (primary N) is 1. The summed E-state index contributed by atoms with van der Waals surface area (Å²) >= 11 is 1.14. The quantitative estimate of drug-likeness (QED) is 0.569. The number of nitrogens with one attached hydrogen (secondary N) is 2. The van der Waals surface area contributed by atoms with Crippen molar-refractivity contribution in [2.45, 2.75) is 12.1 Å². The Morgan fingerprint density at radius 2 is 2.39 bits per heavy atom. The van der Waals surface area contributed by atoms with Gasteiger partial charge in [0.1, 0.15) is 4.91 Å². The van der Waals surface area contributed by atoms with E-state index in [1.165, 1.54) is 12.1 Å². The highest BCUT2D eigenvalue weighted by molar-refractivity contribution is 8.05. The van der Waals surface area contributed by atoms with Gasteiger partial charge in [0, 0.05) is 6.54 Å². The van der Waals surface area contributed by atoms with Crippen LogP contribution >= 0.6 is 11.8 Å². The first-order valence-corrected chi connectivity index (χ1v) is 6.05. The molecule has 1 atom stereocenters. The zero-order valence-electron chi connectivity index (χ0n) is 9.98. The number of amides is 2. The molecule has 0 radical (unpaired) electrons. The van der Waals surface area contributed by atoms with E-state index in [2.05, 4.69) is 15.5 Å². The molecular formula is C9H14N4O4S. The van der Waals surface area contributed by atoms with Crippen LogP contribution in [0.15, 0.2) is 10.6 Å². The Labute approximate surface area is 108 Å². The molecule has 0 aromatic carbocycles. The maximum Gasteiger partial charge on any atom is 0.346 e. The monoisotopic (exact) mass is 274 g/mol. The number of carbonyl (C=O) groups is 2. The van der Waals surface area contributed by atoms with E-state index in [0.29, 0.717) is 23.8 Å². The number of hydrogen-bond donors (Lipinski definition) is 3. The van der Waals surface area contributed by atoms with Gasteiger partial charge < -0.3 is 15.2 Å². The van der Waals surface area contributed by atoms with E-state index in [1.807, 2.05) is 0 Å². The van der Waals surface area contributed by atoms with Crippen LogP contribution in [-0.4, -0.2) is 42.5 Å². The summed E-state index contributed by atoms with van der Waals surface area (Å²) in [6.45, 7) is 2.74. The summed E-state index contributed by atoms with van der Waals surface area (Å²) in [4.78, 5) is 23.0. The van der Waals surface area contributed by atoms with Gasteiger partial charge in [-0.25, -0.2) is 20.0 Å². The summed E-state index contributed by atoms with van der Waals surface area (Å²) in [7, 11) is 1.29. The van der Waals surface area contributed by atoms with Crippen LogP contribution in [0.3, 0.4) is 0 Å². The van der Waals surface area contributed by atoms with Gasteiger partial charge in [-0.15, -0.1) is 0 Å². The molecule has 2 amide bonds. The number of nitrogens with zero attached hydrogens (tertiary/aromatic N) is 1. The first-order valence-electron chi connectivity index (χ1n) is 5.23. The van der Waals surface area contributed by atoms with Crippen LogP contribution in [0.4, 0.5) is 4.79 Å². The molecule has 0 aromatic heterocycles. The van der Waals surface area contributed by atoms with Crippen LogP contribution < -0.4 is 16.5 Å². The average molecular weight is 274 g/mol. The number of ether oxygens (including phenoxy) is 2. The molecule has 100 valence electrons. The van der Waals surface area contributed by atoms with Gasteiger partial charge >= 0.3 is 12.0 Å². The lowest BCUT2D eigenvalue weighted by molar-refractivity contribution is -0.135. The molecule has 0 aromatic rings. The van der Waals surface area contributed by atoms with Crippen LogP contribution in [0, 0.1) is 0 Å². The van der Waals surface area contributed by atoms with Crippen molar-refractivity contribution in [2.24, 2.45) is 5.73 Å². The van der Waals surface area contributed by atoms with E-state index in [9.17, 15) is 9.59 Å². The van der Waals surface area contributed by atoms with Gasteiger partial charge in [0.2, 0.25) is 0 Å². The van der Waals surface area contributed by atoms with Crippen molar-refractivity contribution in [3.63, 3.8) is 0 Å². The highest BCUT2D eigenvalue weighted by atomic mass is 32.2. The number of allylic oxidation sites excluding steroid dienone is 1. The van der Waals surface area contributed by atoms with Crippen LogP contribution in [0.2, 0.25) is 0 Å². The van der Waals surface area contributed by atoms with Gasteiger partial charge in [-0.3, -0.25) is 5.32 Å². The standard InChI is InChI=1S/C9H14N4O4S/c1-5-6(7(14)16-2)18-9(11-3-4-17-9)13(5)12-8(10)15/h11H,3-4H2,1-2H3,(H3,10,12,15). The Bertz CT molecular complexity index is 419. The van der Waals surface area contributed by atoms with Crippen molar-refractivity contribution in [1.29, 1.82) is 0 Å². The van der Waals surface area contributed by atoms with Crippen LogP contribution in [-0.2, 0) is 14.3 Å². The summed E-state index contributed by atoms with van der Waals surface area (Å²) < 4.78 is 10.3. The third-order valence-electron chi connectivity index (χ3n) is 2.54. The number of thioether (sulfide) groups is 1. The average Bonchev–Trinajstić information content (AvgIpc) is 2.89. The molecule has 9 heteroatoms. The van der Waals surface area contributed by atoms with Crippen molar-refractivity contribution in [3.05, 3.63) is 10.6 Å². The second kappa shape index (κ2) is 4.67. The Morgan fingerprint density at radius 3 is 2.89 bits per heavy atom. The minimum atomic E-state index is -1.03. The molecule has 2 aliphatic rings. The van der Waals surface area contributed by atoms with E-state index >= 15 is 0 Å². The lowest BCUT2D eigenvalue weighted by Crippen LogP contribution is -2.58. The predicted octanol–water partition coefficient (Wildman–Crippen LogP) is -0.746.